The highest BCUT2D eigenvalue weighted by molar-refractivity contribution is 5.90. The lowest BCUT2D eigenvalue weighted by Crippen LogP contribution is -2.29. The molecule has 6 nitrogen and oxygen atoms in total. The number of nitrogens with zero attached hydrogens (tertiary/aromatic N) is 2. The molecule has 0 radical (unpaired) electrons. The number of anilines is 1. The lowest BCUT2D eigenvalue weighted by atomic mass is 10.0. The largest absolute Gasteiger partial charge is 0.573 e. The summed E-state index contributed by atoms with van der Waals surface area (Å²) in [7, 11) is 0. The number of alkyl halides is 3. The third-order valence-corrected chi connectivity index (χ3v) is 4.33. The average molecular weight is 417 g/mol. The van der Waals surface area contributed by atoms with Crippen LogP contribution in [-0.4, -0.2) is 22.1 Å². The van der Waals surface area contributed by atoms with Crippen LogP contribution in [0.3, 0.4) is 0 Å². The molecule has 0 unspecified atom stereocenters. The van der Waals surface area contributed by atoms with Gasteiger partial charge in [-0.1, -0.05) is 12.1 Å². The zero-order valence-corrected chi connectivity index (χ0v) is 16.2. The van der Waals surface area contributed by atoms with E-state index in [0.29, 0.717) is 5.69 Å². The number of benzene rings is 2. The SMILES string of the molecule is Cc1ccc(-c2ccc(=O)n(CC(=O)Nc3ccc(OC(F)(F)F)cc3)n2)cc1C. The minimum absolute atomic E-state index is 0.257. The second-order valence-electron chi connectivity index (χ2n) is 6.63. The Morgan fingerprint density at radius 3 is 2.37 bits per heavy atom. The molecule has 0 aliphatic carbocycles. The number of ether oxygens (including phenoxy) is 1. The zero-order valence-electron chi connectivity index (χ0n) is 16.2. The maximum absolute atomic E-state index is 12.3. The summed E-state index contributed by atoms with van der Waals surface area (Å²) in [6.45, 7) is 3.60. The van der Waals surface area contributed by atoms with Crippen molar-refractivity contribution >= 4 is 11.6 Å². The van der Waals surface area contributed by atoms with Crippen LogP contribution in [0.4, 0.5) is 18.9 Å². The lowest BCUT2D eigenvalue weighted by molar-refractivity contribution is -0.274. The third kappa shape index (κ3) is 5.47. The molecule has 0 saturated heterocycles. The minimum atomic E-state index is -4.79. The van der Waals surface area contributed by atoms with E-state index in [0.717, 1.165) is 33.5 Å². The molecule has 0 aliphatic rings. The molecule has 0 spiro atoms. The van der Waals surface area contributed by atoms with Gasteiger partial charge in [0.1, 0.15) is 12.3 Å². The summed E-state index contributed by atoms with van der Waals surface area (Å²) in [5.41, 5.74) is 3.35. The molecule has 1 aromatic heterocycles. The topological polar surface area (TPSA) is 73.2 Å². The second-order valence-corrected chi connectivity index (χ2v) is 6.63. The Hall–Kier alpha value is -3.62. The van der Waals surface area contributed by atoms with Crippen LogP contribution in [0.2, 0.25) is 0 Å². The van der Waals surface area contributed by atoms with Gasteiger partial charge in [0.15, 0.2) is 0 Å². The van der Waals surface area contributed by atoms with Crippen LogP contribution in [0.1, 0.15) is 11.1 Å². The second kappa shape index (κ2) is 8.40. The number of hydrogen-bond acceptors (Lipinski definition) is 4. The van der Waals surface area contributed by atoms with E-state index in [2.05, 4.69) is 15.2 Å². The van der Waals surface area contributed by atoms with Crippen molar-refractivity contribution in [3.05, 3.63) is 76.1 Å². The van der Waals surface area contributed by atoms with Crippen molar-refractivity contribution in [2.24, 2.45) is 0 Å². The van der Waals surface area contributed by atoms with Crippen molar-refractivity contribution in [1.82, 2.24) is 9.78 Å². The molecule has 1 heterocycles. The van der Waals surface area contributed by atoms with Gasteiger partial charge in [0, 0.05) is 17.3 Å². The summed E-state index contributed by atoms with van der Waals surface area (Å²) >= 11 is 0. The fraction of sp³-hybridized carbons (Fsp3) is 0.190. The Kier molecular flexibility index (Phi) is 5.91. The van der Waals surface area contributed by atoms with Crippen LogP contribution in [0.5, 0.6) is 5.75 Å². The van der Waals surface area contributed by atoms with E-state index in [1.807, 2.05) is 32.0 Å². The number of nitrogens with one attached hydrogen (secondary N) is 1. The molecule has 30 heavy (non-hydrogen) atoms. The fourth-order valence-corrected chi connectivity index (χ4v) is 2.69. The Morgan fingerprint density at radius 1 is 1.03 bits per heavy atom. The highest BCUT2D eigenvalue weighted by atomic mass is 19.4. The molecule has 9 heteroatoms. The first-order chi connectivity index (χ1) is 14.1. The number of carbonyl (C=O) groups is 1. The molecule has 1 N–H and O–H groups in total. The Balaban J connectivity index is 1.72. The van der Waals surface area contributed by atoms with E-state index in [4.69, 9.17) is 0 Å². The van der Waals surface area contributed by atoms with E-state index in [1.165, 1.54) is 18.2 Å². The number of amides is 1. The summed E-state index contributed by atoms with van der Waals surface area (Å²) in [6.07, 6.45) is -4.79. The van der Waals surface area contributed by atoms with Crippen LogP contribution in [-0.2, 0) is 11.3 Å². The molecule has 3 rings (SSSR count). The molecule has 0 atom stereocenters. The van der Waals surface area contributed by atoms with E-state index in [9.17, 15) is 22.8 Å². The number of rotatable bonds is 5. The third-order valence-electron chi connectivity index (χ3n) is 4.33. The molecule has 0 bridgehead atoms. The van der Waals surface area contributed by atoms with Gasteiger partial charge < -0.3 is 10.1 Å². The van der Waals surface area contributed by atoms with Crippen LogP contribution in [0, 0.1) is 13.8 Å². The minimum Gasteiger partial charge on any atom is -0.406 e. The summed E-state index contributed by atoms with van der Waals surface area (Å²) in [5, 5.41) is 6.76. The van der Waals surface area contributed by atoms with Gasteiger partial charge in [-0.2, -0.15) is 5.10 Å². The highest BCUT2D eigenvalue weighted by Crippen LogP contribution is 2.24. The first-order valence-corrected chi connectivity index (χ1v) is 8.92. The number of aromatic nitrogens is 2. The van der Waals surface area contributed by atoms with Crippen molar-refractivity contribution in [3.63, 3.8) is 0 Å². The van der Waals surface area contributed by atoms with E-state index in [1.54, 1.807) is 6.07 Å². The normalized spacial score (nSPS) is 11.2. The summed E-state index contributed by atoms with van der Waals surface area (Å²) in [5.74, 6) is -0.953. The summed E-state index contributed by atoms with van der Waals surface area (Å²) in [4.78, 5) is 24.4. The smallest absolute Gasteiger partial charge is 0.406 e. The van der Waals surface area contributed by atoms with Gasteiger partial charge in [0.05, 0.1) is 5.69 Å². The highest BCUT2D eigenvalue weighted by Gasteiger charge is 2.30. The molecule has 0 aliphatic heterocycles. The molecule has 0 saturated carbocycles. The van der Waals surface area contributed by atoms with E-state index >= 15 is 0 Å². The Morgan fingerprint density at radius 2 is 1.73 bits per heavy atom. The molecule has 0 fully saturated rings. The number of carbonyl (C=O) groups excluding carboxylic acids is 1. The number of halogens is 3. The van der Waals surface area contributed by atoms with Crippen molar-refractivity contribution in [1.29, 1.82) is 0 Å². The van der Waals surface area contributed by atoms with Gasteiger partial charge in [-0.15, -0.1) is 13.2 Å². The maximum Gasteiger partial charge on any atom is 0.573 e. The van der Waals surface area contributed by atoms with Crippen LogP contribution < -0.4 is 15.6 Å². The molecule has 2 aromatic carbocycles. The van der Waals surface area contributed by atoms with E-state index in [-0.39, 0.29) is 12.2 Å². The quantitative estimate of drug-likeness (QED) is 0.680. The fourth-order valence-electron chi connectivity index (χ4n) is 2.69. The predicted octanol–water partition coefficient (Wildman–Crippen LogP) is 4.06. The Bertz CT molecular complexity index is 1120. The van der Waals surface area contributed by atoms with E-state index < -0.39 is 23.6 Å². The van der Waals surface area contributed by atoms with Crippen molar-refractivity contribution in [3.8, 4) is 17.0 Å². The maximum atomic E-state index is 12.3. The first-order valence-electron chi connectivity index (χ1n) is 8.92. The zero-order chi connectivity index (χ0) is 21.9. The van der Waals surface area contributed by atoms with Crippen molar-refractivity contribution in [2.75, 3.05) is 5.32 Å². The number of hydrogen-bond donors (Lipinski definition) is 1. The molecule has 156 valence electrons. The van der Waals surface area contributed by atoms with Crippen molar-refractivity contribution in [2.45, 2.75) is 26.8 Å². The molecule has 3 aromatic rings. The molecular formula is C21H18F3N3O3. The van der Waals surface area contributed by atoms with Gasteiger partial charge >= 0.3 is 6.36 Å². The van der Waals surface area contributed by atoms with Crippen molar-refractivity contribution < 1.29 is 22.7 Å². The monoisotopic (exact) mass is 417 g/mol. The van der Waals surface area contributed by atoms with Crippen LogP contribution in [0.25, 0.3) is 11.3 Å². The van der Waals surface area contributed by atoms with Gasteiger partial charge in [-0.3, -0.25) is 9.59 Å². The van der Waals surface area contributed by atoms with Crippen LogP contribution in [0.15, 0.2) is 59.4 Å². The van der Waals surface area contributed by atoms with Gasteiger partial charge in [-0.05, 0) is 61.4 Å². The summed E-state index contributed by atoms with van der Waals surface area (Å²) in [6, 6.07) is 13.4. The van der Waals surface area contributed by atoms with Gasteiger partial charge in [-0.25, -0.2) is 4.68 Å². The van der Waals surface area contributed by atoms with Gasteiger partial charge in [0.25, 0.3) is 5.56 Å². The predicted molar refractivity (Wildman–Crippen MR) is 105 cm³/mol. The average Bonchev–Trinajstić information content (AvgIpc) is 2.66. The molecule has 1 amide bonds. The molecular weight excluding hydrogens is 399 g/mol. The standard InChI is InChI=1S/C21H18F3N3O3/c1-13-3-4-15(11-14(13)2)18-9-10-20(29)27(26-18)12-19(28)25-16-5-7-17(8-6-16)30-21(22,23)24/h3-11H,12H2,1-2H3,(H,25,28). The van der Waals surface area contributed by atoms with Crippen LogP contribution >= 0.6 is 0 Å². The lowest BCUT2D eigenvalue weighted by Gasteiger charge is -2.11. The summed E-state index contributed by atoms with van der Waals surface area (Å²) < 4.78 is 41.4. The Labute approximate surface area is 169 Å². The van der Waals surface area contributed by atoms with Gasteiger partial charge in [0.2, 0.25) is 5.91 Å². The number of aryl methyl sites for hydroxylation is 2. The first kappa shape index (κ1) is 21.1.